The summed E-state index contributed by atoms with van der Waals surface area (Å²) in [5.74, 6) is 0. The Hall–Kier alpha value is -1.63. The first-order valence-electron chi connectivity index (χ1n) is 4.39. The number of hydrogen-bond donors (Lipinski definition) is 0. The topological polar surface area (TPSA) is 14.1 Å². The maximum Gasteiger partial charge on any atom is 0.167 e. The predicted molar refractivity (Wildman–Crippen MR) is 53.2 cm³/mol. The van der Waals surface area contributed by atoms with Crippen LogP contribution in [0.15, 0.2) is 48.8 Å². The van der Waals surface area contributed by atoms with Crippen LogP contribution in [0.4, 0.5) is 0 Å². The van der Waals surface area contributed by atoms with E-state index in [-0.39, 0.29) is 0 Å². The lowest BCUT2D eigenvalue weighted by Gasteiger charge is -1.98. The molecule has 0 fully saturated rings. The van der Waals surface area contributed by atoms with E-state index in [0.717, 1.165) is 0 Å². The van der Waals surface area contributed by atoms with Gasteiger partial charge in [0, 0.05) is 12.1 Å². The van der Waals surface area contributed by atoms with Crippen molar-refractivity contribution in [2.75, 3.05) is 0 Å². The normalized spacial score (nSPS) is 9.92. The van der Waals surface area contributed by atoms with Gasteiger partial charge in [-0.1, -0.05) is 29.8 Å². The average molecular weight is 170 g/mol. The Morgan fingerprint density at radius 3 is 1.92 bits per heavy atom. The molecule has 1 nitrogen and oxygen atoms in total. The Balaban J connectivity index is 2.42. The molecule has 0 aliphatic rings. The van der Waals surface area contributed by atoms with Crippen molar-refractivity contribution in [1.29, 1.82) is 0 Å². The quantitative estimate of drug-likeness (QED) is 0.624. The molecule has 2 rings (SSSR count). The van der Waals surface area contributed by atoms with Crippen LogP contribution in [-0.2, 0) is 0 Å². The number of aromatic amines is 1. The van der Waals surface area contributed by atoms with Crippen LogP contribution in [0.5, 0.6) is 0 Å². The van der Waals surface area contributed by atoms with Crippen molar-refractivity contribution < 1.29 is 4.98 Å². The lowest BCUT2D eigenvalue weighted by atomic mass is 10.1. The highest BCUT2D eigenvalue weighted by Gasteiger charge is 1.96. The average Bonchev–Trinajstić information content (AvgIpc) is 2.20. The van der Waals surface area contributed by atoms with E-state index < -0.39 is 0 Å². The summed E-state index contributed by atoms with van der Waals surface area (Å²) in [7, 11) is 0. The van der Waals surface area contributed by atoms with Crippen molar-refractivity contribution in [3.05, 3.63) is 54.4 Å². The highest BCUT2D eigenvalue weighted by atomic mass is 14.6. The second-order valence-electron chi connectivity index (χ2n) is 3.15. The highest BCUT2D eigenvalue weighted by molar-refractivity contribution is 5.62. The van der Waals surface area contributed by atoms with Crippen molar-refractivity contribution in [3.63, 3.8) is 0 Å². The third-order valence-corrected chi connectivity index (χ3v) is 2.10. The molecule has 0 saturated carbocycles. The molecule has 0 amide bonds. The van der Waals surface area contributed by atoms with Gasteiger partial charge in [0.25, 0.3) is 0 Å². The van der Waals surface area contributed by atoms with Crippen LogP contribution >= 0.6 is 0 Å². The van der Waals surface area contributed by atoms with Gasteiger partial charge in [0.05, 0.1) is 0 Å². The van der Waals surface area contributed by atoms with E-state index >= 15 is 0 Å². The number of H-pyrrole nitrogens is 1. The van der Waals surface area contributed by atoms with E-state index in [9.17, 15) is 0 Å². The second-order valence-corrected chi connectivity index (χ2v) is 3.15. The van der Waals surface area contributed by atoms with E-state index in [1.807, 2.05) is 12.4 Å². The molecule has 1 N–H and O–H groups in total. The fraction of sp³-hybridized carbons (Fsp3) is 0.0833. The second kappa shape index (κ2) is 3.40. The first-order valence-corrected chi connectivity index (χ1v) is 4.39. The fourth-order valence-corrected chi connectivity index (χ4v) is 1.33. The molecule has 0 bridgehead atoms. The van der Waals surface area contributed by atoms with E-state index in [2.05, 4.69) is 48.3 Å². The van der Waals surface area contributed by atoms with Crippen LogP contribution in [0.2, 0.25) is 0 Å². The number of rotatable bonds is 1. The molecule has 64 valence electrons. The number of aromatic nitrogens is 1. The maximum atomic E-state index is 3.01. The number of nitrogens with one attached hydrogen (secondary N) is 1. The first-order chi connectivity index (χ1) is 6.36. The van der Waals surface area contributed by atoms with E-state index in [1.165, 1.54) is 16.7 Å². The molecule has 0 aliphatic carbocycles. The molecular formula is C12H12N+. The third-order valence-electron chi connectivity index (χ3n) is 2.10. The lowest BCUT2D eigenvalue weighted by molar-refractivity contribution is -0.377. The molecule has 0 aliphatic heterocycles. The van der Waals surface area contributed by atoms with Crippen LogP contribution in [0.25, 0.3) is 11.1 Å². The van der Waals surface area contributed by atoms with Crippen molar-refractivity contribution >= 4 is 0 Å². The van der Waals surface area contributed by atoms with Gasteiger partial charge in [-0.2, -0.15) is 0 Å². The predicted octanol–water partition coefficient (Wildman–Crippen LogP) is 2.48. The zero-order valence-electron chi connectivity index (χ0n) is 7.62. The standard InChI is InChI=1S/C12H11N/c1-10-2-4-11(5-3-10)12-6-8-13-9-7-12/h2-9H,1H3/p+1. The van der Waals surface area contributed by atoms with Gasteiger partial charge in [-0.05, 0) is 18.1 Å². The Bertz CT molecular complexity index is 376. The fourth-order valence-electron chi connectivity index (χ4n) is 1.33. The van der Waals surface area contributed by atoms with Gasteiger partial charge in [0.2, 0.25) is 0 Å². The number of aryl methyl sites for hydroxylation is 1. The molecule has 0 spiro atoms. The SMILES string of the molecule is Cc1ccc(-c2cc[nH+]cc2)cc1. The maximum absolute atomic E-state index is 3.01. The molecule has 1 aromatic carbocycles. The molecule has 0 unspecified atom stereocenters. The summed E-state index contributed by atoms with van der Waals surface area (Å²) in [5, 5.41) is 0. The van der Waals surface area contributed by atoms with Crippen molar-refractivity contribution in [2.24, 2.45) is 0 Å². The largest absolute Gasteiger partial charge is 0.218 e. The molecule has 13 heavy (non-hydrogen) atoms. The van der Waals surface area contributed by atoms with Crippen molar-refractivity contribution in [1.82, 2.24) is 0 Å². The minimum absolute atomic E-state index is 1.25. The minimum atomic E-state index is 1.25. The Kier molecular flexibility index (Phi) is 2.09. The summed E-state index contributed by atoms with van der Waals surface area (Å²) < 4.78 is 0. The summed E-state index contributed by atoms with van der Waals surface area (Å²) >= 11 is 0. The molecular weight excluding hydrogens is 158 g/mol. The smallest absolute Gasteiger partial charge is 0.167 e. The van der Waals surface area contributed by atoms with Gasteiger partial charge in [0.15, 0.2) is 12.4 Å². The van der Waals surface area contributed by atoms with Gasteiger partial charge in [0.1, 0.15) is 0 Å². The number of benzene rings is 1. The van der Waals surface area contributed by atoms with Crippen LogP contribution in [0, 0.1) is 6.92 Å². The van der Waals surface area contributed by atoms with Gasteiger partial charge in [-0.3, -0.25) is 0 Å². The Labute approximate surface area is 78.1 Å². The Morgan fingerprint density at radius 2 is 1.31 bits per heavy atom. The summed E-state index contributed by atoms with van der Waals surface area (Å²) in [5.41, 5.74) is 3.81. The molecule has 0 atom stereocenters. The van der Waals surface area contributed by atoms with Crippen LogP contribution in [0.3, 0.4) is 0 Å². The summed E-state index contributed by atoms with van der Waals surface area (Å²) in [6, 6.07) is 12.7. The van der Waals surface area contributed by atoms with Gasteiger partial charge < -0.3 is 0 Å². The molecule has 1 heterocycles. The zero-order valence-corrected chi connectivity index (χ0v) is 7.62. The van der Waals surface area contributed by atoms with E-state index in [4.69, 9.17) is 0 Å². The summed E-state index contributed by atoms with van der Waals surface area (Å²) in [6.07, 6.45) is 3.88. The Morgan fingerprint density at radius 1 is 0.769 bits per heavy atom. The van der Waals surface area contributed by atoms with Crippen molar-refractivity contribution in [2.45, 2.75) is 6.92 Å². The minimum Gasteiger partial charge on any atom is -0.218 e. The first kappa shape index (κ1) is 7.99. The molecule has 1 heteroatoms. The van der Waals surface area contributed by atoms with Gasteiger partial charge in [-0.25, -0.2) is 4.98 Å². The van der Waals surface area contributed by atoms with Crippen LogP contribution in [0.1, 0.15) is 5.56 Å². The van der Waals surface area contributed by atoms with Crippen LogP contribution in [-0.4, -0.2) is 0 Å². The summed E-state index contributed by atoms with van der Waals surface area (Å²) in [6.45, 7) is 2.10. The van der Waals surface area contributed by atoms with E-state index in [1.54, 1.807) is 0 Å². The lowest BCUT2D eigenvalue weighted by Crippen LogP contribution is -1.96. The molecule has 1 aromatic heterocycles. The van der Waals surface area contributed by atoms with Crippen molar-refractivity contribution in [3.8, 4) is 11.1 Å². The summed E-state index contributed by atoms with van der Waals surface area (Å²) in [4.78, 5) is 3.01. The van der Waals surface area contributed by atoms with Crippen LogP contribution < -0.4 is 4.98 Å². The molecule has 0 saturated heterocycles. The third kappa shape index (κ3) is 1.75. The highest BCUT2D eigenvalue weighted by Crippen LogP contribution is 2.17. The van der Waals surface area contributed by atoms with Gasteiger partial charge >= 0.3 is 0 Å². The van der Waals surface area contributed by atoms with E-state index in [0.29, 0.717) is 0 Å². The monoisotopic (exact) mass is 170 g/mol. The van der Waals surface area contributed by atoms with Gasteiger partial charge in [-0.15, -0.1) is 0 Å². The zero-order chi connectivity index (χ0) is 9.10. The number of hydrogen-bond acceptors (Lipinski definition) is 0. The number of pyridine rings is 1. The molecule has 0 radical (unpaired) electrons. The molecule has 2 aromatic rings.